The molecule has 0 aromatic heterocycles. The zero-order valence-electron chi connectivity index (χ0n) is 9.42. The predicted molar refractivity (Wildman–Crippen MR) is 57.8 cm³/mol. The molecule has 82 valence electrons. The summed E-state index contributed by atoms with van der Waals surface area (Å²) < 4.78 is 0. The fourth-order valence-corrected chi connectivity index (χ4v) is 1.80. The molecule has 0 heterocycles. The molecule has 1 fully saturated rings. The number of carbonyl (C=O) groups is 1. The summed E-state index contributed by atoms with van der Waals surface area (Å²) in [5, 5.41) is 3.01. The van der Waals surface area contributed by atoms with E-state index in [1.54, 1.807) is 0 Å². The standard InChI is InChI=1S/C11H22N2O/c1-7(12)6-8(2)13-11(14)9(3)10-4-5-10/h7-10H,4-6,12H2,1-3H3,(H,13,14). The van der Waals surface area contributed by atoms with Gasteiger partial charge in [-0.2, -0.15) is 0 Å². The third-order valence-electron chi connectivity index (χ3n) is 2.86. The lowest BCUT2D eigenvalue weighted by molar-refractivity contribution is -0.125. The van der Waals surface area contributed by atoms with Crippen LogP contribution in [0, 0.1) is 11.8 Å². The van der Waals surface area contributed by atoms with Gasteiger partial charge in [0.15, 0.2) is 0 Å². The number of carbonyl (C=O) groups excluding carboxylic acids is 1. The van der Waals surface area contributed by atoms with Crippen LogP contribution in [0.15, 0.2) is 0 Å². The lowest BCUT2D eigenvalue weighted by Gasteiger charge is -2.18. The van der Waals surface area contributed by atoms with E-state index in [0.29, 0.717) is 5.92 Å². The van der Waals surface area contributed by atoms with Crippen LogP contribution in [-0.4, -0.2) is 18.0 Å². The Bertz CT molecular complexity index is 199. The molecule has 1 aliphatic carbocycles. The van der Waals surface area contributed by atoms with Crippen LogP contribution in [0.2, 0.25) is 0 Å². The highest BCUT2D eigenvalue weighted by atomic mass is 16.1. The molecule has 0 aromatic rings. The Morgan fingerprint density at radius 2 is 2.00 bits per heavy atom. The van der Waals surface area contributed by atoms with Crippen LogP contribution in [-0.2, 0) is 4.79 Å². The number of hydrogen-bond acceptors (Lipinski definition) is 2. The third kappa shape index (κ3) is 3.66. The van der Waals surface area contributed by atoms with E-state index >= 15 is 0 Å². The molecule has 0 aromatic carbocycles. The monoisotopic (exact) mass is 198 g/mol. The summed E-state index contributed by atoms with van der Waals surface area (Å²) in [4.78, 5) is 11.7. The van der Waals surface area contributed by atoms with Crippen molar-refractivity contribution in [1.82, 2.24) is 5.32 Å². The van der Waals surface area contributed by atoms with Gasteiger partial charge in [-0.15, -0.1) is 0 Å². The topological polar surface area (TPSA) is 55.1 Å². The maximum Gasteiger partial charge on any atom is 0.223 e. The first-order valence-corrected chi connectivity index (χ1v) is 5.56. The number of rotatable bonds is 5. The van der Waals surface area contributed by atoms with Crippen LogP contribution >= 0.6 is 0 Å². The molecule has 0 saturated heterocycles. The van der Waals surface area contributed by atoms with Gasteiger partial charge in [-0.3, -0.25) is 4.79 Å². The van der Waals surface area contributed by atoms with Crippen molar-refractivity contribution in [3.05, 3.63) is 0 Å². The van der Waals surface area contributed by atoms with Gasteiger partial charge >= 0.3 is 0 Å². The second-order valence-corrected chi connectivity index (χ2v) is 4.75. The van der Waals surface area contributed by atoms with Crippen molar-refractivity contribution in [1.29, 1.82) is 0 Å². The Labute approximate surface area is 86.4 Å². The summed E-state index contributed by atoms with van der Waals surface area (Å²) in [6, 6.07) is 0.352. The van der Waals surface area contributed by atoms with E-state index in [0.717, 1.165) is 6.42 Å². The van der Waals surface area contributed by atoms with E-state index in [1.807, 2.05) is 20.8 Å². The summed E-state index contributed by atoms with van der Waals surface area (Å²) in [5.74, 6) is 1.02. The number of amides is 1. The largest absolute Gasteiger partial charge is 0.353 e. The quantitative estimate of drug-likeness (QED) is 0.699. The fourth-order valence-electron chi connectivity index (χ4n) is 1.80. The van der Waals surface area contributed by atoms with Crippen LogP contribution in [0.25, 0.3) is 0 Å². The summed E-state index contributed by atoms with van der Waals surface area (Å²) in [6.07, 6.45) is 3.29. The molecular formula is C11H22N2O. The zero-order valence-corrected chi connectivity index (χ0v) is 9.42. The molecule has 0 aliphatic heterocycles. The Morgan fingerprint density at radius 1 is 1.43 bits per heavy atom. The molecule has 3 nitrogen and oxygen atoms in total. The van der Waals surface area contributed by atoms with Crippen molar-refractivity contribution >= 4 is 5.91 Å². The van der Waals surface area contributed by atoms with E-state index in [-0.39, 0.29) is 23.9 Å². The van der Waals surface area contributed by atoms with Crippen molar-refractivity contribution in [2.75, 3.05) is 0 Å². The normalized spacial score (nSPS) is 22.6. The van der Waals surface area contributed by atoms with E-state index in [1.165, 1.54) is 12.8 Å². The second kappa shape index (κ2) is 4.78. The number of nitrogens with one attached hydrogen (secondary N) is 1. The number of hydrogen-bond donors (Lipinski definition) is 2. The molecule has 14 heavy (non-hydrogen) atoms. The summed E-state index contributed by atoms with van der Waals surface area (Å²) in [6.45, 7) is 6.00. The third-order valence-corrected chi connectivity index (χ3v) is 2.86. The number of nitrogens with two attached hydrogens (primary N) is 1. The minimum Gasteiger partial charge on any atom is -0.353 e. The van der Waals surface area contributed by atoms with Gasteiger partial charge in [0.05, 0.1) is 0 Å². The Balaban J connectivity index is 2.24. The van der Waals surface area contributed by atoms with Gasteiger partial charge in [0.25, 0.3) is 0 Å². The molecule has 1 saturated carbocycles. The lowest BCUT2D eigenvalue weighted by atomic mass is 10.0. The van der Waals surface area contributed by atoms with E-state index in [9.17, 15) is 4.79 Å². The first kappa shape index (κ1) is 11.5. The minimum absolute atomic E-state index is 0.154. The summed E-state index contributed by atoms with van der Waals surface area (Å²) in [5.41, 5.74) is 5.67. The van der Waals surface area contributed by atoms with Crippen LogP contribution in [0.1, 0.15) is 40.0 Å². The summed E-state index contributed by atoms with van der Waals surface area (Å²) in [7, 11) is 0. The zero-order chi connectivity index (χ0) is 10.7. The summed E-state index contributed by atoms with van der Waals surface area (Å²) >= 11 is 0. The highest BCUT2D eigenvalue weighted by Crippen LogP contribution is 2.36. The predicted octanol–water partition coefficient (Wildman–Crippen LogP) is 1.27. The highest BCUT2D eigenvalue weighted by Gasteiger charge is 2.32. The minimum atomic E-state index is 0.154. The average molecular weight is 198 g/mol. The maximum atomic E-state index is 11.7. The molecule has 3 heteroatoms. The first-order chi connectivity index (χ1) is 6.50. The fraction of sp³-hybridized carbons (Fsp3) is 0.909. The van der Waals surface area contributed by atoms with Gasteiger partial charge < -0.3 is 11.1 Å². The molecule has 1 aliphatic rings. The molecular weight excluding hydrogens is 176 g/mol. The van der Waals surface area contributed by atoms with Crippen molar-refractivity contribution in [2.45, 2.75) is 52.1 Å². The van der Waals surface area contributed by atoms with Crippen molar-refractivity contribution < 1.29 is 4.79 Å². The van der Waals surface area contributed by atoms with E-state index in [2.05, 4.69) is 5.32 Å². The Morgan fingerprint density at radius 3 is 2.43 bits per heavy atom. The molecule has 0 spiro atoms. The van der Waals surface area contributed by atoms with Gasteiger partial charge in [-0.1, -0.05) is 6.92 Å². The Kier molecular flexibility index (Phi) is 3.93. The van der Waals surface area contributed by atoms with Crippen molar-refractivity contribution in [3.8, 4) is 0 Å². The van der Waals surface area contributed by atoms with Crippen molar-refractivity contribution in [2.24, 2.45) is 17.6 Å². The van der Waals surface area contributed by atoms with Crippen LogP contribution < -0.4 is 11.1 Å². The molecule has 1 rings (SSSR count). The van der Waals surface area contributed by atoms with Crippen LogP contribution in [0.3, 0.4) is 0 Å². The van der Waals surface area contributed by atoms with E-state index in [4.69, 9.17) is 5.73 Å². The van der Waals surface area contributed by atoms with Gasteiger partial charge in [0.2, 0.25) is 5.91 Å². The smallest absolute Gasteiger partial charge is 0.223 e. The molecule has 3 N–H and O–H groups in total. The second-order valence-electron chi connectivity index (χ2n) is 4.75. The molecule has 3 unspecified atom stereocenters. The lowest BCUT2D eigenvalue weighted by Crippen LogP contribution is -2.39. The van der Waals surface area contributed by atoms with Gasteiger partial charge in [-0.05, 0) is 39.0 Å². The molecule has 3 atom stereocenters. The van der Waals surface area contributed by atoms with Gasteiger partial charge in [0, 0.05) is 18.0 Å². The maximum absolute atomic E-state index is 11.7. The van der Waals surface area contributed by atoms with Crippen LogP contribution in [0.5, 0.6) is 0 Å². The first-order valence-electron chi connectivity index (χ1n) is 5.56. The van der Waals surface area contributed by atoms with Gasteiger partial charge in [0.1, 0.15) is 0 Å². The highest BCUT2D eigenvalue weighted by molar-refractivity contribution is 5.79. The Hall–Kier alpha value is -0.570. The van der Waals surface area contributed by atoms with Crippen LogP contribution in [0.4, 0.5) is 0 Å². The average Bonchev–Trinajstić information content (AvgIpc) is 2.83. The molecule has 0 radical (unpaired) electrons. The molecule has 0 bridgehead atoms. The van der Waals surface area contributed by atoms with E-state index < -0.39 is 0 Å². The van der Waals surface area contributed by atoms with Crippen molar-refractivity contribution in [3.63, 3.8) is 0 Å². The molecule has 1 amide bonds. The SMILES string of the molecule is CC(N)CC(C)NC(=O)C(C)C1CC1. The van der Waals surface area contributed by atoms with Gasteiger partial charge in [-0.25, -0.2) is 0 Å².